The summed E-state index contributed by atoms with van der Waals surface area (Å²) in [5.41, 5.74) is 7.64. The number of imidazole rings is 1. The van der Waals surface area contributed by atoms with E-state index in [1.807, 2.05) is 5.43 Å². The molecule has 6 nitrogen and oxygen atoms in total. The lowest BCUT2D eigenvalue weighted by Crippen LogP contribution is -2.26. The summed E-state index contributed by atoms with van der Waals surface area (Å²) in [6.45, 7) is 1.31. The smallest absolute Gasteiger partial charge is 0.350 e. The Bertz CT molecular complexity index is 704. The number of urea groups is 1. The fourth-order valence-electron chi connectivity index (χ4n) is 1.87. The van der Waals surface area contributed by atoms with E-state index in [2.05, 4.69) is 10.1 Å². The third kappa shape index (κ3) is 3.30. The first-order valence-electron chi connectivity index (χ1n) is 5.90. The van der Waals surface area contributed by atoms with Crippen molar-refractivity contribution in [2.75, 3.05) is 0 Å². The van der Waals surface area contributed by atoms with Crippen molar-refractivity contribution in [1.29, 1.82) is 0 Å². The Morgan fingerprint density at radius 3 is 2.71 bits per heavy atom. The van der Waals surface area contributed by atoms with Crippen molar-refractivity contribution >= 4 is 22.8 Å². The second-order valence-corrected chi connectivity index (χ2v) is 4.33. The molecule has 1 heterocycles. The number of aromatic nitrogens is 2. The molecule has 0 spiro atoms. The Hall–Kier alpha value is -2.58. The normalized spacial score (nSPS) is 12.7. The van der Waals surface area contributed by atoms with Gasteiger partial charge in [0.1, 0.15) is 0 Å². The number of hydrazone groups is 1. The zero-order valence-corrected chi connectivity index (χ0v) is 11.0. The van der Waals surface area contributed by atoms with E-state index in [0.29, 0.717) is 5.52 Å². The first-order valence-corrected chi connectivity index (χ1v) is 5.90. The van der Waals surface area contributed by atoms with Gasteiger partial charge in [0, 0.05) is 0 Å². The fourth-order valence-corrected chi connectivity index (χ4v) is 1.87. The number of carbonyl (C=O) groups excluding carboxylic acids is 1. The van der Waals surface area contributed by atoms with Crippen LogP contribution in [0.2, 0.25) is 0 Å². The molecule has 0 saturated heterocycles. The Balaban J connectivity index is 2.46. The third-order valence-corrected chi connectivity index (χ3v) is 2.65. The maximum Gasteiger partial charge on any atom is 0.449 e. The van der Waals surface area contributed by atoms with Crippen LogP contribution in [0.25, 0.3) is 11.0 Å². The maximum atomic E-state index is 13.0. The highest BCUT2D eigenvalue weighted by Gasteiger charge is 2.37. The Morgan fingerprint density at radius 1 is 1.43 bits per heavy atom. The van der Waals surface area contributed by atoms with Crippen molar-refractivity contribution in [3.05, 3.63) is 30.1 Å². The molecule has 1 aromatic carbocycles. The summed E-state index contributed by atoms with van der Waals surface area (Å²) in [5.74, 6) is -1.02. The van der Waals surface area contributed by atoms with Crippen LogP contribution in [0.3, 0.4) is 0 Å². The average molecular weight is 299 g/mol. The number of nitrogens with zero attached hydrogens (tertiary/aromatic N) is 3. The molecule has 0 bridgehead atoms. The second kappa shape index (κ2) is 5.43. The Labute approximate surface area is 117 Å². The van der Waals surface area contributed by atoms with Crippen LogP contribution in [-0.4, -0.2) is 21.3 Å². The SMILES string of the molecule is CC(Cn1c(C(F)(F)F)nc2ccccc21)=NNC(N)=O. The first kappa shape index (κ1) is 14.8. The van der Waals surface area contributed by atoms with E-state index in [9.17, 15) is 18.0 Å². The monoisotopic (exact) mass is 299 g/mol. The number of benzene rings is 1. The number of nitrogens with two attached hydrogens (primary N) is 1. The van der Waals surface area contributed by atoms with Crippen LogP contribution in [0.1, 0.15) is 12.7 Å². The quantitative estimate of drug-likeness (QED) is 0.672. The van der Waals surface area contributed by atoms with Gasteiger partial charge in [-0.15, -0.1) is 0 Å². The van der Waals surface area contributed by atoms with E-state index in [1.165, 1.54) is 19.1 Å². The number of hydrogen-bond acceptors (Lipinski definition) is 3. The van der Waals surface area contributed by atoms with Gasteiger partial charge in [0.15, 0.2) is 0 Å². The predicted molar refractivity (Wildman–Crippen MR) is 70.6 cm³/mol. The van der Waals surface area contributed by atoms with Crippen molar-refractivity contribution in [1.82, 2.24) is 15.0 Å². The molecule has 0 unspecified atom stereocenters. The minimum Gasteiger partial charge on any atom is -0.350 e. The number of fused-ring (bicyclic) bond motifs is 1. The number of nitrogens with one attached hydrogen (secondary N) is 1. The maximum absolute atomic E-state index is 13.0. The zero-order valence-electron chi connectivity index (χ0n) is 11.0. The largest absolute Gasteiger partial charge is 0.449 e. The molecular formula is C12H12F3N5O. The van der Waals surface area contributed by atoms with Gasteiger partial charge >= 0.3 is 12.2 Å². The van der Waals surface area contributed by atoms with Gasteiger partial charge in [-0.1, -0.05) is 12.1 Å². The minimum absolute atomic E-state index is 0.171. The van der Waals surface area contributed by atoms with E-state index in [4.69, 9.17) is 5.73 Å². The summed E-state index contributed by atoms with van der Waals surface area (Å²) in [7, 11) is 0. The van der Waals surface area contributed by atoms with Crippen molar-refractivity contribution in [2.24, 2.45) is 10.8 Å². The molecule has 2 rings (SSSR count). The van der Waals surface area contributed by atoms with Gasteiger partial charge in [-0.2, -0.15) is 18.3 Å². The number of rotatable bonds is 3. The minimum atomic E-state index is -4.59. The molecule has 1 aromatic heterocycles. The van der Waals surface area contributed by atoms with Crippen LogP contribution in [0.15, 0.2) is 29.4 Å². The number of amides is 2. The lowest BCUT2D eigenvalue weighted by molar-refractivity contribution is -0.146. The fraction of sp³-hybridized carbons (Fsp3) is 0.250. The highest BCUT2D eigenvalue weighted by atomic mass is 19.4. The summed E-state index contributed by atoms with van der Waals surface area (Å²) in [6.07, 6.45) is -4.59. The summed E-state index contributed by atoms with van der Waals surface area (Å²) < 4.78 is 40.1. The lowest BCUT2D eigenvalue weighted by atomic mass is 10.3. The molecule has 2 amide bonds. The molecule has 0 aliphatic heterocycles. The van der Waals surface area contributed by atoms with Crippen LogP contribution >= 0.6 is 0 Å². The topological polar surface area (TPSA) is 85.3 Å². The number of carbonyl (C=O) groups is 1. The van der Waals surface area contributed by atoms with Gasteiger partial charge in [0.2, 0.25) is 5.82 Å². The lowest BCUT2D eigenvalue weighted by Gasteiger charge is -2.11. The average Bonchev–Trinajstić information content (AvgIpc) is 2.75. The van der Waals surface area contributed by atoms with Crippen molar-refractivity contribution in [3.63, 3.8) is 0 Å². The Morgan fingerprint density at radius 2 is 2.10 bits per heavy atom. The van der Waals surface area contributed by atoms with E-state index in [0.717, 1.165) is 4.57 Å². The number of para-hydroxylation sites is 2. The standard InChI is InChI=1S/C12H12F3N5O/c1-7(18-19-11(16)21)6-20-9-5-3-2-4-8(9)17-10(20)12(13,14)15/h2-5H,6H2,1H3,(H3,16,19,21). The summed E-state index contributed by atoms with van der Waals surface area (Å²) >= 11 is 0. The van der Waals surface area contributed by atoms with Crippen LogP contribution in [0.5, 0.6) is 0 Å². The molecule has 0 saturated carbocycles. The summed E-state index contributed by atoms with van der Waals surface area (Å²) in [4.78, 5) is 14.2. The van der Waals surface area contributed by atoms with Crippen molar-refractivity contribution in [3.8, 4) is 0 Å². The predicted octanol–water partition coefficient (Wildman–Crippen LogP) is 2.10. The molecular weight excluding hydrogens is 287 g/mol. The van der Waals surface area contributed by atoms with E-state index in [1.54, 1.807) is 12.1 Å². The number of hydrogen-bond donors (Lipinski definition) is 2. The third-order valence-electron chi connectivity index (χ3n) is 2.65. The van der Waals surface area contributed by atoms with E-state index in [-0.39, 0.29) is 17.8 Å². The number of halogens is 3. The van der Waals surface area contributed by atoms with Gasteiger partial charge in [0.25, 0.3) is 0 Å². The van der Waals surface area contributed by atoms with E-state index >= 15 is 0 Å². The summed E-state index contributed by atoms with van der Waals surface area (Å²) in [6, 6.07) is 5.37. The highest BCUT2D eigenvalue weighted by Crippen LogP contribution is 2.31. The molecule has 2 aromatic rings. The first-order chi connectivity index (χ1) is 9.79. The van der Waals surface area contributed by atoms with Gasteiger partial charge in [-0.25, -0.2) is 15.2 Å². The number of alkyl halides is 3. The molecule has 21 heavy (non-hydrogen) atoms. The molecule has 0 fully saturated rings. The van der Waals surface area contributed by atoms with Crippen LogP contribution in [0, 0.1) is 0 Å². The molecule has 112 valence electrons. The highest BCUT2D eigenvalue weighted by molar-refractivity contribution is 5.85. The van der Waals surface area contributed by atoms with Gasteiger partial charge < -0.3 is 10.3 Å². The van der Waals surface area contributed by atoms with Crippen LogP contribution < -0.4 is 11.2 Å². The van der Waals surface area contributed by atoms with E-state index < -0.39 is 18.0 Å². The van der Waals surface area contributed by atoms with Crippen molar-refractivity contribution in [2.45, 2.75) is 19.6 Å². The summed E-state index contributed by atoms with van der Waals surface area (Å²) in [5, 5.41) is 3.60. The number of primary amides is 1. The van der Waals surface area contributed by atoms with Gasteiger partial charge in [-0.3, -0.25) is 0 Å². The van der Waals surface area contributed by atoms with Gasteiger partial charge in [-0.05, 0) is 19.1 Å². The van der Waals surface area contributed by atoms with Crippen molar-refractivity contribution < 1.29 is 18.0 Å². The molecule has 0 atom stereocenters. The van der Waals surface area contributed by atoms with Gasteiger partial charge in [0.05, 0.1) is 23.3 Å². The second-order valence-electron chi connectivity index (χ2n) is 4.33. The molecule has 0 aliphatic rings. The Kier molecular flexibility index (Phi) is 3.83. The van der Waals surface area contributed by atoms with Crippen LogP contribution in [-0.2, 0) is 12.7 Å². The molecule has 9 heteroatoms. The molecule has 3 N–H and O–H groups in total. The molecule has 0 aliphatic carbocycles. The molecule has 0 radical (unpaired) electrons. The zero-order chi connectivity index (χ0) is 15.6. The van der Waals surface area contributed by atoms with Crippen LogP contribution in [0.4, 0.5) is 18.0 Å².